The van der Waals surface area contributed by atoms with Gasteiger partial charge in [0.25, 0.3) is 0 Å². The van der Waals surface area contributed by atoms with Crippen LogP contribution in [0.2, 0.25) is 0 Å². The molecule has 1 heterocycles. The molecule has 0 atom stereocenters. The quantitative estimate of drug-likeness (QED) is 0.811. The lowest BCUT2D eigenvalue weighted by molar-refractivity contribution is 0.475. The second-order valence-corrected chi connectivity index (χ2v) is 7.13. The van der Waals surface area contributed by atoms with Crippen LogP contribution in [0.1, 0.15) is 12.5 Å². The van der Waals surface area contributed by atoms with Crippen LogP contribution >= 0.6 is 35.3 Å². The summed E-state index contributed by atoms with van der Waals surface area (Å²) in [5.74, 6) is 0.330. The Labute approximate surface area is 103 Å². The molecular formula is C11H12OS3. The third-order valence-corrected chi connectivity index (χ3v) is 6.27. The maximum absolute atomic E-state index is 9.22. The van der Waals surface area contributed by atoms with Gasteiger partial charge in [0.05, 0.1) is 0 Å². The second kappa shape index (κ2) is 5.23. The molecular weight excluding hydrogens is 244 g/mol. The molecule has 1 N–H and O–H groups in total. The van der Waals surface area contributed by atoms with Crippen molar-refractivity contribution in [2.75, 3.05) is 10.2 Å². The van der Waals surface area contributed by atoms with Crippen LogP contribution in [0.3, 0.4) is 0 Å². The molecule has 0 unspecified atom stereocenters. The zero-order valence-corrected chi connectivity index (χ0v) is 10.8. The van der Waals surface area contributed by atoms with Crippen LogP contribution in [-0.4, -0.2) is 15.3 Å². The number of rotatable bonds is 1. The van der Waals surface area contributed by atoms with Crippen LogP contribution in [0.4, 0.5) is 0 Å². The molecule has 1 fully saturated rings. The maximum Gasteiger partial charge on any atom is 0.115 e. The molecule has 0 bridgehead atoms. The van der Waals surface area contributed by atoms with Crippen molar-refractivity contribution in [1.82, 2.24) is 0 Å². The fourth-order valence-corrected chi connectivity index (χ4v) is 5.59. The molecule has 0 radical (unpaired) electrons. The third kappa shape index (κ3) is 2.89. The lowest BCUT2D eigenvalue weighted by Gasteiger charge is -2.15. The first kappa shape index (κ1) is 11.3. The molecule has 1 aliphatic heterocycles. The number of thioether (sulfide) groups is 3. The average Bonchev–Trinajstić information content (AvgIpc) is 2.30. The topological polar surface area (TPSA) is 20.2 Å². The second-order valence-electron chi connectivity index (χ2n) is 3.19. The molecule has 0 aromatic heterocycles. The maximum atomic E-state index is 9.22. The van der Waals surface area contributed by atoms with Gasteiger partial charge in [-0.3, -0.25) is 0 Å². The van der Waals surface area contributed by atoms with Crippen LogP contribution in [-0.2, 0) is 0 Å². The van der Waals surface area contributed by atoms with Crippen molar-refractivity contribution in [3.8, 4) is 5.75 Å². The van der Waals surface area contributed by atoms with Crippen LogP contribution in [0.25, 0.3) is 5.57 Å². The molecule has 0 saturated carbocycles. The highest BCUT2D eigenvalue weighted by molar-refractivity contribution is 8.36. The minimum absolute atomic E-state index is 0.330. The van der Waals surface area contributed by atoms with E-state index in [0.717, 1.165) is 10.2 Å². The summed E-state index contributed by atoms with van der Waals surface area (Å²) in [4.78, 5) is 0. The number of phenols is 1. The largest absolute Gasteiger partial charge is 0.508 e. The van der Waals surface area contributed by atoms with E-state index in [2.05, 4.69) is 6.92 Å². The normalized spacial score (nSPS) is 16.5. The average molecular weight is 256 g/mol. The van der Waals surface area contributed by atoms with Crippen molar-refractivity contribution in [3.05, 3.63) is 34.1 Å². The Morgan fingerprint density at radius 2 is 1.73 bits per heavy atom. The van der Waals surface area contributed by atoms with Crippen molar-refractivity contribution in [3.63, 3.8) is 0 Å². The van der Waals surface area contributed by atoms with Gasteiger partial charge in [-0.15, -0.1) is 35.3 Å². The van der Waals surface area contributed by atoms with Gasteiger partial charge in [-0.05, 0) is 30.2 Å². The highest BCUT2D eigenvalue weighted by atomic mass is 32.3. The lowest BCUT2D eigenvalue weighted by Crippen LogP contribution is -1.89. The van der Waals surface area contributed by atoms with E-state index in [1.807, 2.05) is 47.4 Å². The number of allylic oxidation sites excluding steroid dienone is 1. The van der Waals surface area contributed by atoms with Crippen LogP contribution in [0.5, 0.6) is 5.75 Å². The number of phenolic OH excluding ortho intramolecular Hbond substituents is 1. The Morgan fingerprint density at radius 1 is 1.13 bits per heavy atom. The van der Waals surface area contributed by atoms with Crippen molar-refractivity contribution >= 4 is 40.9 Å². The van der Waals surface area contributed by atoms with Gasteiger partial charge in [0, 0.05) is 14.4 Å². The Morgan fingerprint density at radius 3 is 2.33 bits per heavy atom. The fourth-order valence-electron chi connectivity index (χ4n) is 1.31. The SMILES string of the molecule is CC(=C1SCSCS1)c1ccc(O)cc1. The van der Waals surface area contributed by atoms with Gasteiger partial charge in [0.1, 0.15) is 5.75 Å². The lowest BCUT2D eigenvalue weighted by atomic mass is 10.1. The summed E-state index contributed by atoms with van der Waals surface area (Å²) < 4.78 is 1.42. The van der Waals surface area contributed by atoms with E-state index < -0.39 is 0 Å². The van der Waals surface area contributed by atoms with Gasteiger partial charge in [-0.1, -0.05) is 12.1 Å². The monoisotopic (exact) mass is 256 g/mol. The summed E-state index contributed by atoms with van der Waals surface area (Å²) in [5.41, 5.74) is 2.53. The molecule has 15 heavy (non-hydrogen) atoms. The number of hydrogen-bond donors (Lipinski definition) is 1. The van der Waals surface area contributed by atoms with Gasteiger partial charge in [-0.25, -0.2) is 0 Å². The van der Waals surface area contributed by atoms with Gasteiger partial charge in [-0.2, -0.15) is 0 Å². The van der Waals surface area contributed by atoms with E-state index in [-0.39, 0.29) is 0 Å². The van der Waals surface area contributed by atoms with Crippen molar-refractivity contribution < 1.29 is 5.11 Å². The Kier molecular flexibility index (Phi) is 3.94. The summed E-state index contributed by atoms with van der Waals surface area (Å²) >= 11 is 5.79. The predicted octanol–water partition coefficient (Wildman–Crippen LogP) is 4.21. The van der Waals surface area contributed by atoms with Crippen LogP contribution in [0.15, 0.2) is 28.5 Å². The number of benzene rings is 1. The molecule has 1 aliphatic rings. The highest BCUT2D eigenvalue weighted by Gasteiger charge is 2.11. The zero-order valence-electron chi connectivity index (χ0n) is 8.40. The Hall–Kier alpha value is -0.190. The van der Waals surface area contributed by atoms with Crippen molar-refractivity contribution in [1.29, 1.82) is 0 Å². The fraction of sp³-hybridized carbons (Fsp3) is 0.273. The summed E-state index contributed by atoms with van der Waals surface area (Å²) in [6, 6.07) is 7.43. The van der Waals surface area contributed by atoms with Crippen LogP contribution in [0, 0.1) is 0 Å². The molecule has 4 heteroatoms. The smallest absolute Gasteiger partial charge is 0.115 e. The first-order valence-corrected chi connectivity index (χ1v) is 7.73. The van der Waals surface area contributed by atoms with Gasteiger partial charge < -0.3 is 5.11 Å². The van der Waals surface area contributed by atoms with Crippen molar-refractivity contribution in [2.24, 2.45) is 0 Å². The van der Waals surface area contributed by atoms with E-state index in [0.29, 0.717) is 5.75 Å². The molecule has 1 aromatic rings. The molecule has 1 nitrogen and oxygen atoms in total. The summed E-state index contributed by atoms with van der Waals surface area (Å²) in [7, 11) is 0. The number of hydrogen-bond acceptors (Lipinski definition) is 4. The van der Waals surface area contributed by atoms with Gasteiger partial charge in [0.2, 0.25) is 0 Å². The minimum atomic E-state index is 0.330. The molecule has 0 spiro atoms. The molecule has 1 aromatic carbocycles. The summed E-state index contributed by atoms with van der Waals surface area (Å²) in [6.07, 6.45) is 0. The van der Waals surface area contributed by atoms with E-state index in [4.69, 9.17) is 0 Å². The van der Waals surface area contributed by atoms with E-state index in [1.54, 1.807) is 12.1 Å². The molecule has 0 amide bonds. The third-order valence-electron chi connectivity index (χ3n) is 2.15. The Balaban J connectivity index is 2.25. The van der Waals surface area contributed by atoms with E-state index in [9.17, 15) is 5.11 Å². The molecule has 80 valence electrons. The van der Waals surface area contributed by atoms with Gasteiger partial charge >= 0.3 is 0 Å². The first-order chi connectivity index (χ1) is 7.27. The van der Waals surface area contributed by atoms with Crippen LogP contribution < -0.4 is 0 Å². The minimum Gasteiger partial charge on any atom is -0.508 e. The highest BCUT2D eigenvalue weighted by Crippen LogP contribution is 2.43. The predicted molar refractivity (Wildman–Crippen MR) is 73.2 cm³/mol. The standard InChI is InChI=1S/C11H12OS3/c1-8(11-14-6-13-7-15-11)9-2-4-10(12)5-3-9/h2-5,12H,6-7H2,1H3. The number of aromatic hydroxyl groups is 1. The Bertz CT molecular complexity index is 362. The molecule has 2 rings (SSSR count). The summed E-state index contributed by atoms with van der Waals surface area (Å²) in [5, 5.41) is 11.5. The summed E-state index contributed by atoms with van der Waals surface area (Å²) in [6.45, 7) is 2.15. The van der Waals surface area contributed by atoms with E-state index >= 15 is 0 Å². The van der Waals surface area contributed by atoms with E-state index in [1.165, 1.54) is 15.4 Å². The molecule has 0 aliphatic carbocycles. The van der Waals surface area contributed by atoms with Crippen molar-refractivity contribution in [2.45, 2.75) is 6.92 Å². The zero-order chi connectivity index (χ0) is 10.7. The van der Waals surface area contributed by atoms with Gasteiger partial charge in [0.15, 0.2) is 0 Å². The first-order valence-electron chi connectivity index (χ1n) is 4.61. The molecule has 1 saturated heterocycles.